The highest BCUT2D eigenvalue weighted by atomic mass is 16.3. The number of nitriles is 1. The maximum atomic E-state index is 11.5. The largest absolute Gasteiger partial charge is 0.511 e. The third-order valence-electron chi connectivity index (χ3n) is 1.74. The van der Waals surface area contributed by atoms with E-state index in [9.17, 15) is 4.79 Å². The number of allylic oxidation sites excluding steroid dienone is 1. The van der Waals surface area contributed by atoms with E-state index in [0.717, 1.165) is 0 Å². The Hall–Kier alpha value is -1.50. The quantitative estimate of drug-likeness (QED) is 0.405. The Morgan fingerprint density at radius 1 is 1.46 bits per heavy atom. The van der Waals surface area contributed by atoms with Gasteiger partial charge < -0.3 is 10.0 Å². The highest BCUT2D eigenvalue weighted by Crippen LogP contribution is 2.04. The number of nitrogens with zero attached hydrogens (tertiary/aromatic N) is 2. The second-order valence-corrected chi connectivity index (χ2v) is 2.55. The van der Waals surface area contributed by atoms with Gasteiger partial charge >= 0.3 is 0 Å². The van der Waals surface area contributed by atoms with E-state index >= 15 is 0 Å². The summed E-state index contributed by atoms with van der Waals surface area (Å²) in [6.07, 6.45) is 0. The molecule has 0 aromatic carbocycles. The van der Waals surface area contributed by atoms with Gasteiger partial charge in [0.05, 0.1) is 0 Å². The van der Waals surface area contributed by atoms with Crippen molar-refractivity contribution in [2.45, 2.75) is 20.8 Å². The summed E-state index contributed by atoms with van der Waals surface area (Å²) in [4.78, 5) is 12.9. The molecule has 4 nitrogen and oxygen atoms in total. The van der Waals surface area contributed by atoms with Gasteiger partial charge in [0, 0.05) is 13.1 Å². The summed E-state index contributed by atoms with van der Waals surface area (Å²) in [6.45, 7) is 6.05. The first-order chi connectivity index (χ1) is 6.08. The number of carbonyl (C=O) groups excluding carboxylic acids is 1. The Kier molecular flexibility index (Phi) is 4.60. The Balaban J connectivity index is 4.78. The van der Waals surface area contributed by atoms with E-state index in [1.54, 1.807) is 6.07 Å². The summed E-state index contributed by atoms with van der Waals surface area (Å²) in [5.41, 5.74) is -0.177. The number of carbonyl (C=O) groups is 1. The molecule has 0 rings (SSSR count). The molecule has 0 atom stereocenters. The van der Waals surface area contributed by atoms with Gasteiger partial charge in [-0.2, -0.15) is 5.26 Å². The number of likely N-dealkylation sites (N-methyl/N-ethyl adjacent to an activating group) is 1. The van der Waals surface area contributed by atoms with Crippen molar-refractivity contribution in [3.63, 3.8) is 0 Å². The van der Waals surface area contributed by atoms with E-state index in [1.165, 1.54) is 11.8 Å². The van der Waals surface area contributed by atoms with Gasteiger partial charge in [0.25, 0.3) is 5.91 Å². The van der Waals surface area contributed by atoms with Crippen LogP contribution in [0.3, 0.4) is 0 Å². The fraction of sp³-hybridized carbons (Fsp3) is 0.556. The van der Waals surface area contributed by atoms with Crippen LogP contribution in [0.1, 0.15) is 20.8 Å². The van der Waals surface area contributed by atoms with E-state index in [2.05, 4.69) is 0 Å². The van der Waals surface area contributed by atoms with E-state index in [0.29, 0.717) is 13.1 Å². The molecule has 0 aliphatic carbocycles. The summed E-state index contributed by atoms with van der Waals surface area (Å²) in [6, 6.07) is 1.69. The van der Waals surface area contributed by atoms with Gasteiger partial charge in [-0.25, -0.2) is 0 Å². The van der Waals surface area contributed by atoms with Crippen LogP contribution in [-0.4, -0.2) is 29.0 Å². The summed E-state index contributed by atoms with van der Waals surface area (Å²) >= 11 is 0. The molecule has 0 heterocycles. The molecule has 0 bridgehead atoms. The van der Waals surface area contributed by atoms with Gasteiger partial charge in [-0.1, -0.05) is 0 Å². The normalized spacial score (nSPS) is 11.5. The third kappa shape index (κ3) is 2.79. The van der Waals surface area contributed by atoms with Crippen molar-refractivity contribution in [3.05, 3.63) is 11.3 Å². The highest BCUT2D eigenvalue weighted by Gasteiger charge is 2.17. The maximum absolute atomic E-state index is 11.5. The molecule has 1 amide bonds. The summed E-state index contributed by atoms with van der Waals surface area (Å²) in [7, 11) is 0. The summed E-state index contributed by atoms with van der Waals surface area (Å²) in [5.74, 6) is -0.632. The lowest BCUT2D eigenvalue weighted by Crippen LogP contribution is -2.31. The molecular weight excluding hydrogens is 168 g/mol. The highest BCUT2D eigenvalue weighted by molar-refractivity contribution is 5.97. The van der Waals surface area contributed by atoms with Crippen LogP contribution in [0.5, 0.6) is 0 Å². The van der Waals surface area contributed by atoms with E-state index in [1.807, 2.05) is 13.8 Å². The average molecular weight is 182 g/mol. The monoisotopic (exact) mass is 182 g/mol. The zero-order chi connectivity index (χ0) is 10.4. The number of amides is 1. The van der Waals surface area contributed by atoms with E-state index in [-0.39, 0.29) is 11.3 Å². The zero-order valence-electron chi connectivity index (χ0n) is 8.16. The van der Waals surface area contributed by atoms with Gasteiger partial charge in [0.1, 0.15) is 11.8 Å². The lowest BCUT2D eigenvalue weighted by Gasteiger charge is -2.17. The van der Waals surface area contributed by atoms with Crippen molar-refractivity contribution in [1.82, 2.24) is 4.90 Å². The molecule has 4 heteroatoms. The second-order valence-electron chi connectivity index (χ2n) is 2.55. The molecule has 0 unspecified atom stereocenters. The second kappa shape index (κ2) is 5.20. The summed E-state index contributed by atoms with van der Waals surface area (Å²) < 4.78 is 0. The smallest absolute Gasteiger partial charge is 0.267 e. The van der Waals surface area contributed by atoms with Gasteiger partial charge in [0.2, 0.25) is 0 Å². The molecule has 0 aromatic rings. The fourth-order valence-corrected chi connectivity index (χ4v) is 0.952. The Bertz CT molecular complexity index is 255. The third-order valence-corrected chi connectivity index (χ3v) is 1.74. The molecule has 1 N–H and O–H groups in total. The van der Waals surface area contributed by atoms with Crippen LogP contribution in [0.4, 0.5) is 0 Å². The van der Waals surface area contributed by atoms with Gasteiger partial charge in [-0.15, -0.1) is 0 Å². The van der Waals surface area contributed by atoms with Crippen LogP contribution in [0.25, 0.3) is 0 Å². The van der Waals surface area contributed by atoms with Gasteiger partial charge in [0.15, 0.2) is 5.57 Å². The first kappa shape index (κ1) is 11.5. The molecule has 72 valence electrons. The lowest BCUT2D eigenvalue weighted by molar-refractivity contribution is -0.126. The van der Waals surface area contributed by atoms with Crippen molar-refractivity contribution >= 4 is 5.91 Å². The zero-order valence-corrected chi connectivity index (χ0v) is 8.16. The van der Waals surface area contributed by atoms with E-state index < -0.39 is 5.91 Å². The molecule has 0 spiro atoms. The Morgan fingerprint density at radius 3 is 2.15 bits per heavy atom. The number of aliphatic hydroxyl groups excluding tert-OH is 1. The van der Waals surface area contributed by atoms with Crippen molar-refractivity contribution in [2.75, 3.05) is 13.1 Å². The molecule has 13 heavy (non-hydrogen) atoms. The van der Waals surface area contributed by atoms with Crippen molar-refractivity contribution in [2.24, 2.45) is 0 Å². The van der Waals surface area contributed by atoms with Crippen molar-refractivity contribution in [1.29, 1.82) is 5.26 Å². The van der Waals surface area contributed by atoms with Crippen LogP contribution in [0, 0.1) is 11.3 Å². The number of hydrogen-bond donors (Lipinski definition) is 1. The van der Waals surface area contributed by atoms with Crippen LogP contribution in [0.15, 0.2) is 11.3 Å². The minimum Gasteiger partial charge on any atom is -0.511 e. The molecule has 0 aliphatic rings. The van der Waals surface area contributed by atoms with Crippen molar-refractivity contribution < 1.29 is 9.90 Å². The average Bonchev–Trinajstić information content (AvgIpc) is 2.07. The first-order valence-corrected chi connectivity index (χ1v) is 4.17. The summed E-state index contributed by atoms with van der Waals surface area (Å²) in [5, 5.41) is 17.6. The van der Waals surface area contributed by atoms with Crippen LogP contribution >= 0.6 is 0 Å². The predicted molar refractivity (Wildman–Crippen MR) is 48.9 cm³/mol. The number of aliphatic hydroxyl groups is 1. The van der Waals surface area contributed by atoms with E-state index in [4.69, 9.17) is 10.4 Å². The fourth-order valence-electron chi connectivity index (χ4n) is 0.952. The molecule has 0 saturated carbocycles. The molecule has 0 aromatic heterocycles. The minimum absolute atomic E-state index is 0.177. The lowest BCUT2D eigenvalue weighted by atomic mass is 10.2. The Labute approximate surface area is 78.1 Å². The molecule has 0 fully saturated rings. The molecule has 0 radical (unpaired) electrons. The van der Waals surface area contributed by atoms with Crippen LogP contribution in [0.2, 0.25) is 0 Å². The molecular formula is C9H14N2O2. The minimum atomic E-state index is -0.410. The Morgan fingerprint density at radius 2 is 1.92 bits per heavy atom. The first-order valence-electron chi connectivity index (χ1n) is 4.17. The van der Waals surface area contributed by atoms with Crippen molar-refractivity contribution in [3.8, 4) is 6.07 Å². The molecule has 0 aliphatic heterocycles. The van der Waals surface area contributed by atoms with Crippen LogP contribution < -0.4 is 0 Å². The van der Waals surface area contributed by atoms with Gasteiger partial charge in [-0.3, -0.25) is 4.79 Å². The predicted octanol–water partition coefficient (Wildman–Crippen LogP) is 1.21. The maximum Gasteiger partial charge on any atom is 0.267 e. The standard InChI is InChI=1S/C9H14N2O2/c1-4-11(5-2)9(13)8(6-10)7(3)12/h12H,4-5H2,1-3H3. The number of rotatable bonds is 3. The SMILES string of the molecule is CCN(CC)C(=O)C(C#N)=C(C)O. The van der Waals surface area contributed by atoms with Crippen LogP contribution in [-0.2, 0) is 4.79 Å². The molecule has 0 saturated heterocycles. The van der Waals surface area contributed by atoms with Gasteiger partial charge in [-0.05, 0) is 20.8 Å². The topological polar surface area (TPSA) is 64.3 Å². The number of hydrogen-bond acceptors (Lipinski definition) is 3.